The van der Waals surface area contributed by atoms with E-state index in [-0.39, 0.29) is 19.1 Å². The van der Waals surface area contributed by atoms with Gasteiger partial charge in [0.1, 0.15) is 61.0 Å². The Kier molecular flexibility index (Phi) is 14.8. The van der Waals surface area contributed by atoms with Crippen molar-refractivity contribution >= 4 is 5.91 Å². The van der Waals surface area contributed by atoms with Gasteiger partial charge in [0.25, 0.3) is 5.91 Å². The van der Waals surface area contributed by atoms with Crippen molar-refractivity contribution in [1.29, 1.82) is 0 Å². The second-order valence-electron chi connectivity index (χ2n) is 13.0. The van der Waals surface area contributed by atoms with Gasteiger partial charge in [-0.15, -0.1) is 0 Å². The highest BCUT2D eigenvalue weighted by Gasteiger charge is 2.54. The number of amides is 1. The zero-order valence-corrected chi connectivity index (χ0v) is 27.3. The molecule has 0 aromatic rings. The minimum Gasteiger partial charge on any atom is -0.394 e. The van der Waals surface area contributed by atoms with Crippen LogP contribution in [0.25, 0.3) is 0 Å². The Labute approximate surface area is 283 Å². The van der Waals surface area contributed by atoms with E-state index < -0.39 is 129 Å². The maximum Gasteiger partial charge on any atom is 0.251 e. The Balaban J connectivity index is 1.55. The van der Waals surface area contributed by atoms with Gasteiger partial charge in [-0.1, -0.05) is 0 Å². The average Bonchev–Trinajstić information content (AvgIpc) is 3.38. The predicted octanol–water partition coefficient (Wildman–Crippen LogP) is -8.74. The summed E-state index contributed by atoms with van der Waals surface area (Å²) >= 11 is 0. The van der Waals surface area contributed by atoms with Crippen LogP contribution in [0.2, 0.25) is 0 Å². The Morgan fingerprint density at radius 1 is 0.816 bits per heavy atom. The highest BCUT2D eigenvalue weighted by atomic mass is 16.8. The molecule has 0 aromatic heterocycles. The quantitative estimate of drug-likeness (QED) is 0.0794. The second-order valence-corrected chi connectivity index (χ2v) is 13.0. The molecule has 21 heteroatoms. The summed E-state index contributed by atoms with van der Waals surface area (Å²) in [6.45, 7) is -0.762. The number of ether oxygens (including phenoxy) is 6. The number of hydrogen-bond donors (Lipinski definition) is 14. The van der Waals surface area contributed by atoms with Crippen LogP contribution >= 0.6 is 0 Å². The molecule has 19 atom stereocenters. The molecule has 4 rings (SSSR count). The summed E-state index contributed by atoms with van der Waals surface area (Å²) in [6.07, 6.45) is -19.0. The molecule has 0 spiro atoms. The highest BCUT2D eigenvalue weighted by molar-refractivity contribution is 5.81. The number of nitrogens with one attached hydrogen (secondary N) is 2. The molecule has 21 nitrogen and oxygen atoms in total. The lowest BCUT2D eigenvalue weighted by molar-refractivity contribution is -0.289. The van der Waals surface area contributed by atoms with Crippen molar-refractivity contribution < 1.29 is 69.0 Å². The van der Waals surface area contributed by atoms with Crippen LogP contribution in [0.4, 0.5) is 0 Å². The van der Waals surface area contributed by atoms with E-state index in [2.05, 4.69) is 10.6 Å². The molecule has 1 amide bonds. The smallest absolute Gasteiger partial charge is 0.251 e. The first kappa shape index (κ1) is 40.5. The van der Waals surface area contributed by atoms with Crippen LogP contribution in [0.5, 0.6) is 0 Å². The van der Waals surface area contributed by atoms with Crippen molar-refractivity contribution in [2.75, 3.05) is 33.3 Å². The minimum atomic E-state index is -1.91. The van der Waals surface area contributed by atoms with Gasteiger partial charge in [-0.05, 0) is 26.3 Å². The van der Waals surface area contributed by atoms with Gasteiger partial charge < -0.3 is 103 Å². The molecule has 4 fully saturated rings. The van der Waals surface area contributed by atoms with Crippen LogP contribution in [0.1, 0.15) is 19.3 Å². The lowest BCUT2D eigenvalue weighted by Gasteiger charge is -2.46. The number of hydrogen-bond acceptors (Lipinski definition) is 20. The summed E-state index contributed by atoms with van der Waals surface area (Å²) in [4.78, 5) is 12.7. The predicted molar refractivity (Wildman–Crippen MR) is 165 cm³/mol. The monoisotopic (exact) mass is 713 g/mol. The number of nitrogens with two attached hydrogens (primary N) is 5. The molecule has 0 bridgehead atoms. The minimum absolute atomic E-state index is 0.0861. The number of aliphatic hydroxyl groups excluding tert-OH is 7. The van der Waals surface area contributed by atoms with E-state index in [1.165, 1.54) is 0 Å². The average molecular weight is 714 g/mol. The van der Waals surface area contributed by atoms with Gasteiger partial charge in [0.05, 0.1) is 30.8 Å². The molecule has 19 N–H and O–H groups in total. The lowest BCUT2D eigenvalue weighted by Crippen LogP contribution is -2.67. The fourth-order valence-corrected chi connectivity index (χ4v) is 6.54. The second kappa shape index (κ2) is 18.0. The van der Waals surface area contributed by atoms with Crippen molar-refractivity contribution in [1.82, 2.24) is 10.6 Å². The van der Waals surface area contributed by atoms with Crippen molar-refractivity contribution in [3.05, 3.63) is 0 Å². The Morgan fingerprint density at radius 2 is 1.47 bits per heavy atom. The Hall–Kier alpha value is -1.29. The fraction of sp³-hybridized carbons (Fsp3) is 0.964. The van der Waals surface area contributed by atoms with Crippen LogP contribution in [-0.2, 0) is 33.2 Å². The van der Waals surface area contributed by atoms with Crippen LogP contribution < -0.4 is 39.3 Å². The number of rotatable bonds is 14. The first-order valence-corrected chi connectivity index (χ1v) is 16.5. The molecule has 3 heterocycles. The third-order valence-electron chi connectivity index (χ3n) is 9.48. The van der Waals surface area contributed by atoms with Gasteiger partial charge >= 0.3 is 0 Å². The highest BCUT2D eigenvalue weighted by Crippen LogP contribution is 2.34. The van der Waals surface area contributed by atoms with E-state index in [4.69, 9.17) is 57.1 Å². The summed E-state index contributed by atoms with van der Waals surface area (Å²) in [5.74, 6) is -1.03. The maximum atomic E-state index is 12.7. The molecule has 4 aliphatic rings. The van der Waals surface area contributed by atoms with Gasteiger partial charge in [0.15, 0.2) is 25.0 Å². The summed E-state index contributed by atoms with van der Waals surface area (Å²) in [5.41, 5.74) is 29.9. The van der Waals surface area contributed by atoms with Gasteiger partial charge in [-0.2, -0.15) is 0 Å². The van der Waals surface area contributed by atoms with E-state index >= 15 is 0 Å². The first-order chi connectivity index (χ1) is 23.3. The molecule has 0 unspecified atom stereocenters. The van der Waals surface area contributed by atoms with Gasteiger partial charge in [0.2, 0.25) is 0 Å². The number of aliphatic hydroxyl groups is 7. The van der Waals surface area contributed by atoms with E-state index in [9.17, 15) is 40.5 Å². The third kappa shape index (κ3) is 9.21. The van der Waals surface area contributed by atoms with Crippen LogP contribution in [0.15, 0.2) is 0 Å². The zero-order chi connectivity index (χ0) is 36.2. The standard InChI is InChI=1S/C28H55N7O14/c1-34-7-9-2-3-10(31)26(44-9)47-22-11(32)4-12(35-25(43)18(39)13(37)5-29)17(38)24(22)49-28-21(42)23(15(8-36)46-28)48-27-16(33)20(41)19(40)14(6-30)45-27/h9-24,26-28,34,36-42H,2-8,29-33H2,1H3,(H,35,43)/t9-,10+,11-,12+,13-,14-,15+,16+,17-,18-,19+,20+,21+,22+,23+,24+,26+,27+,28-/m0/s1. The van der Waals surface area contributed by atoms with E-state index in [0.29, 0.717) is 19.4 Å². The number of carbonyl (C=O) groups excluding carboxylic acids is 1. The first-order valence-electron chi connectivity index (χ1n) is 16.5. The van der Waals surface area contributed by atoms with Crippen molar-refractivity contribution in [3.63, 3.8) is 0 Å². The summed E-state index contributed by atoms with van der Waals surface area (Å²) in [6, 6.07) is -3.95. The van der Waals surface area contributed by atoms with E-state index in [1.54, 1.807) is 7.05 Å². The van der Waals surface area contributed by atoms with Crippen LogP contribution in [0, 0.1) is 0 Å². The topological polar surface area (TPSA) is 368 Å². The SMILES string of the molecule is CNC[C@@H]1CC[C@@H](N)[C@@H](O[C@H]2[C@H](O[C@@H]3O[C@H](CO)[C@@H](O[C@H]4O[C@@H](CN)[C@@H](O)[C@H](O)[C@H]4N)[C@H]3O)[C@@H](O)[C@H](NC(=O)[C@@H](O)[C@@H](O)CN)C[C@@H]2N)O1. The van der Waals surface area contributed by atoms with Crippen LogP contribution in [-0.4, -0.2) is 191 Å². The molecule has 1 aliphatic carbocycles. The Bertz CT molecular complexity index is 1040. The molecular formula is C28H55N7O14. The van der Waals surface area contributed by atoms with Crippen molar-refractivity contribution in [2.45, 2.75) is 136 Å². The maximum absolute atomic E-state index is 12.7. The summed E-state index contributed by atoms with van der Waals surface area (Å²) in [5, 5.41) is 79.1. The fourth-order valence-electron chi connectivity index (χ4n) is 6.54. The molecule has 1 saturated carbocycles. The van der Waals surface area contributed by atoms with Crippen molar-refractivity contribution in [2.24, 2.45) is 28.7 Å². The zero-order valence-electron chi connectivity index (χ0n) is 27.3. The van der Waals surface area contributed by atoms with E-state index in [1.807, 2.05) is 0 Å². The summed E-state index contributed by atoms with van der Waals surface area (Å²) < 4.78 is 35.7. The molecular weight excluding hydrogens is 658 g/mol. The molecule has 3 saturated heterocycles. The van der Waals surface area contributed by atoms with Gasteiger partial charge in [0, 0.05) is 25.7 Å². The Morgan fingerprint density at radius 3 is 2.10 bits per heavy atom. The van der Waals surface area contributed by atoms with Gasteiger partial charge in [-0.3, -0.25) is 4.79 Å². The lowest BCUT2D eigenvalue weighted by atomic mass is 9.83. The van der Waals surface area contributed by atoms with E-state index in [0.717, 1.165) is 0 Å². The third-order valence-corrected chi connectivity index (χ3v) is 9.48. The van der Waals surface area contributed by atoms with Crippen molar-refractivity contribution in [3.8, 4) is 0 Å². The molecule has 286 valence electrons. The normalized spacial score (nSPS) is 45.9. The number of likely N-dealkylation sites (N-methyl/N-ethyl adjacent to an activating group) is 1. The van der Waals surface area contributed by atoms with Gasteiger partial charge in [-0.25, -0.2) is 0 Å². The molecule has 3 aliphatic heterocycles. The molecule has 49 heavy (non-hydrogen) atoms. The molecule has 0 aromatic carbocycles. The number of carbonyl (C=O) groups is 1. The summed E-state index contributed by atoms with van der Waals surface area (Å²) in [7, 11) is 1.77. The van der Waals surface area contributed by atoms with Crippen LogP contribution in [0.3, 0.4) is 0 Å². The largest absolute Gasteiger partial charge is 0.394 e. The molecule has 0 radical (unpaired) electrons.